The normalized spacial score (nSPS) is 18.2. The van der Waals surface area contributed by atoms with E-state index in [-0.39, 0.29) is 18.7 Å². The van der Waals surface area contributed by atoms with Gasteiger partial charge in [0.25, 0.3) is 0 Å². The lowest BCUT2D eigenvalue weighted by Crippen LogP contribution is -2.46. The van der Waals surface area contributed by atoms with Gasteiger partial charge in [0.1, 0.15) is 12.2 Å². The molecule has 1 fully saturated rings. The highest BCUT2D eigenvalue weighted by Crippen LogP contribution is 2.14. The molecule has 1 saturated heterocycles. The molecule has 0 radical (unpaired) electrons. The number of ether oxygens (including phenoxy) is 2. The van der Waals surface area contributed by atoms with E-state index in [1.165, 1.54) is 0 Å². The number of carbonyl (C=O) groups is 2. The van der Waals surface area contributed by atoms with E-state index in [4.69, 9.17) is 9.47 Å². The van der Waals surface area contributed by atoms with Gasteiger partial charge >= 0.3 is 12.2 Å². The number of alkyl carbamates (subject to hydrolysis) is 1. The van der Waals surface area contributed by atoms with Crippen molar-refractivity contribution in [3.8, 4) is 0 Å². The maximum atomic E-state index is 12.3. The lowest BCUT2D eigenvalue weighted by atomic mass is 10.1. The van der Waals surface area contributed by atoms with Crippen molar-refractivity contribution < 1.29 is 19.1 Å². The number of likely N-dealkylation sites (tertiary alicyclic amines) is 1. The summed E-state index contributed by atoms with van der Waals surface area (Å²) in [6.45, 7) is 6.81. The lowest BCUT2D eigenvalue weighted by Gasteiger charge is -2.26. The third-order valence-electron chi connectivity index (χ3n) is 3.86. The van der Waals surface area contributed by atoms with Crippen molar-refractivity contribution in [2.75, 3.05) is 13.1 Å². The topological polar surface area (TPSA) is 67.9 Å². The number of carbonyl (C=O) groups excluding carboxylic acids is 2. The van der Waals surface area contributed by atoms with Gasteiger partial charge in [-0.25, -0.2) is 9.59 Å². The second-order valence-electron chi connectivity index (χ2n) is 7.33. The smallest absolute Gasteiger partial charge is 0.410 e. The summed E-state index contributed by atoms with van der Waals surface area (Å²) >= 11 is 0. The summed E-state index contributed by atoms with van der Waals surface area (Å²) < 4.78 is 10.7. The van der Waals surface area contributed by atoms with E-state index < -0.39 is 11.7 Å². The third kappa shape index (κ3) is 7.03. The number of amides is 2. The zero-order chi connectivity index (χ0) is 18.3. The Kier molecular flexibility index (Phi) is 6.67. The average molecular weight is 348 g/mol. The Hall–Kier alpha value is -2.24. The summed E-state index contributed by atoms with van der Waals surface area (Å²) in [6, 6.07) is 9.46. The predicted octanol–water partition coefficient (Wildman–Crippen LogP) is 3.70. The van der Waals surface area contributed by atoms with Crippen LogP contribution in [0.15, 0.2) is 30.3 Å². The summed E-state index contributed by atoms with van der Waals surface area (Å²) in [5, 5.41) is 2.86. The van der Waals surface area contributed by atoms with Gasteiger partial charge in [-0.15, -0.1) is 0 Å². The van der Waals surface area contributed by atoms with Crippen LogP contribution in [0.2, 0.25) is 0 Å². The van der Waals surface area contributed by atoms with Crippen molar-refractivity contribution in [3.63, 3.8) is 0 Å². The highest BCUT2D eigenvalue weighted by Gasteiger charge is 2.26. The molecule has 1 aliphatic rings. The molecule has 0 bridgehead atoms. The van der Waals surface area contributed by atoms with Crippen LogP contribution in [0.1, 0.15) is 45.6 Å². The molecule has 0 saturated carbocycles. The molecule has 1 aromatic rings. The number of nitrogens with one attached hydrogen (secondary N) is 1. The maximum Gasteiger partial charge on any atom is 0.410 e. The Balaban J connectivity index is 1.85. The zero-order valence-electron chi connectivity index (χ0n) is 15.3. The molecule has 1 aliphatic heterocycles. The van der Waals surface area contributed by atoms with Crippen molar-refractivity contribution in [3.05, 3.63) is 35.9 Å². The number of rotatable bonds is 3. The minimum absolute atomic E-state index is 0.123. The first-order valence-corrected chi connectivity index (χ1v) is 8.78. The molecule has 1 aromatic carbocycles. The number of hydrogen-bond donors (Lipinski definition) is 1. The van der Waals surface area contributed by atoms with E-state index in [1.54, 1.807) is 4.90 Å². The SMILES string of the molecule is CC(C)(C)OC(=O)NC1CCCCN(C(=O)OCc2ccccc2)C1. The fourth-order valence-corrected chi connectivity index (χ4v) is 2.71. The van der Waals surface area contributed by atoms with Gasteiger partial charge in [-0.1, -0.05) is 30.3 Å². The lowest BCUT2D eigenvalue weighted by molar-refractivity contribution is 0.0483. The van der Waals surface area contributed by atoms with Gasteiger partial charge in [-0.05, 0) is 45.6 Å². The van der Waals surface area contributed by atoms with Crippen LogP contribution in [0.4, 0.5) is 9.59 Å². The van der Waals surface area contributed by atoms with Gasteiger partial charge in [-0.2, -0.15) is 0 Å². The van der Waals surface area contributed by atoms with Crippen molar-refractivity contribution in [2.45, 2.75) is 58.3 Å². The largest absolute Gasteiger partial charge is 0.445 e. The summed E-state index contributed by atoms with van der Waals surface area (Å²) in [4.78, 5) is 26.0. The van der Waals surface area contributed by atoms with Crippen molar-refractivity contribution >= 4 is 12.2 Å². The van der Waals surface area contributed by atoms with Gasteiger partial charge in [0.2, 0.25) is 0 Å². The van der Waals surface area contributed by atoms with Crippen molar-refractivity contribution in [1.82, 2.24) is 10.2 Å². The zero-order valence-corrected chi connectivity index (χ0v) is 15.3. The highest BCUT2D eigenvalue weighted by molar-refractivity contribution is 5.69. The summed E-state index contributed by atoms with van der Waals surface area (Å²) in [6.07, 6.45) is 1.87. The molecule has 6 heteroatoms. The molecular weight excluding hydrogens is 320 g/mol. The summed E-state index contributed by atoms with van der Waals surface area (Å²) in [7, 11) is 0. The van der Waals surface area contributed by atoms with Crippen LogP contribution < -0.4 is 5.32 Å². The third-order valence-corrected chi connectivity index (χ3v) is 3.86. The molecule has 138 valence electrons. The van der Waals surface area contributed by atoms with Crippen molar-refractivity contribution in [1.29, 1.82) is 0 Å². The first-order valence-electron chi connectivity index (χ1n) is 8.78. The van der Waals surface area contributed by atoms with Gasteiger partial charge < -0.3 is 19.7 Å². The number of benzene rings is 1. The van der Waals surface area contributed by atoms with E-state index in [1.807, 2.05) is 51.1 Å². The Morgan fingerprint density at radius 1 is 1.20 bits per heavy atom. The highest BCUT2D eigenvalue weighted by atomic mass is 16.6. The number of hydrogen-bond acceptors (Lipinski definition) is 4. The van der Waals surface area contributed by atoms with Gasteiger partial charge in [0.05, 0.1) is 0 Å². The molecule has 1 unspecified atom stereocenters. The second kappa shape index (κ2) is 8.74. The molecule has 1 atom stereocenters. The molecule has 1 N–H and O–H groups in total. The average Bonchev–Trinajstić information content (AvgIpc) is 2.77. The fourth-order valence-electron chi connectivity index (χ4n) is 2.71. The molecule has 25 heavy (non-hydrogen) atoms. The Labute approximate surface area is 149 Å². The summed E-state index contributed by atoms with van der Waals surface area (Å²) in [5.41, 5.74) is 0.414. The minimum atomic E-state index is -0.539. The van der Waals surface area contributed by atoms with Crippen LogP contribution in [0, 0.1) is 0 Å². The molecular formula is C19H28N2O4. The standard InChI is InChI=1S/C19H28N2O4/c1-19(2,3)25-17(22)20-16-11-7-8-12-21(13-16)18(23)24-14-15-9-5-4-6-10-15/h4-6,9-10,16H,7-8,11-14H2,1-3H3,(H,20,22). The molecule has 0 spiro atoms. The van der Waals surface area contributed by atoms with Crippen LogP contribution >= 0.6 is 0 Å². The van der Waals surface area contributed by atoms with Crippen LogP contribution in [-0.2, 0) is 16.1 Å². The Morgan fingerprint density at radius 2 is 1.92 bits per heavy atom. The molecule has 0 aliphatic carbocycles. The van der Waals surface area contributed by atoms with Gasteiger partial charge in [0, 0.05) is 19.1 Å². The van der Waals surface area contributed by atoms with Crippen LogP contribution in [0.3, 0.4) is 0 Å². The quantitative estimate of drug-likeness (QED) is 0.904. The maximum absolute atomic E-state index is 12.3. The van der Waals surface area contributed by atoms with Crippen LogP contribution in [0.25, 0.3) is 0 Å². The predicted molar refractivity (Wildman–Crippen MR) is 95.2 cm³/mol. The summed E-state index contributed by atoms with van der Waals surface area (Å²) in [5.74, 6) is 0. The Bertz CT molecular complexity index is 569. The van der Waals surface area contributed by atoms with E-state index in [0.29, 0.717) is 13.1 Å². The monoisotopic (exact) mass is 348 g/mol. The fraction of sp³-hybridized carbons (Fsp3) is 0.579. The first kappa shape index (κ1) is 19.1. The van der Waals surface area contributed by atoms with Crippen LogP contribution in [0.5, 0.6) is 0 Å². The van der Waals surface area contributed by atoms with E-state index in [2.05, 4.69) is 5.32 Å². The molecule has 2 amide bonds. The minimum Gasteiger partial charge on any atom is -0.445 e. The van der Waals surface area contributed by atoms with E-state index in [0.717, 1.165) is 24.8 Å². The van der Waals surface area contributed by atoms with Crippen molar-refractivity contribution in [2.24, 2.45) is 0 Å². The van der Waals surface area contributed by atoms with Gasteiger partial charge in [-0.3, -0.25) is 0 Å². The van der Waals surface area contributed by atoms with E-state index >= 15 is 0 Å². The molecule has 6 nitrogen and oxygen atoms in total. The van der Waals surface area contributed by atoms with Gasteiger partial charge in [0.15, 0.2) is 0 Å². The van der Waals surface area contributed by atoms with E-state index in [9.17, 15) is 9.59 Å². The molecule has 0 aromatic heterocycles. The second-order valence-corrected chi connectivity index (χ2v) is 7.33. The molecule has 1 heterocycles. The molecule has 2 rings (SSSR count). The Morgan fingerprint density at radius 3 is 2.60 bits per heavy atom. The van der Waals surface area contributed by atoms with Crippen LogP contribution in [-0.4, -0.2) is 41.8 Å². The number of nitrogens with zero attached hydrogens (tertiary/aromatic N) is 1. The first-order chi connectivity index (χ1) is 11.8.